The van der Waals surface area contributed by atoms with Crippen LogP contribution in [0.25, 0.3) is 0 Å². The van der Waals surface area contributed by atoms with Crippen LogP contribution < -0.4 is 5.32 Å². The van der Waals surface area contributed by atoms with Crippen LogP contribution >= 0.6 is 11.8 Å². The molecule has 1 aromatic rings. The number of amides is 2. The average molecular weight is 346 g/mol. The summed E-state index contributed by atoms with van der Waals surface area (Å²) in [6.07, 6.45) is 2.14. The maximum atomic E-state index is 12.9. The van der Waals surface area contributed by atoms with Gasteiger partial charge in [0, 0.05) is 23.5 Å². The predicted octanol–water partition coefficient (Wildman–Crippen LogP) is 2.33. The number of benzene rings is 1. The lowest BCUT2D eigenvalue weighted by molar-refractivity contribution is -0.126. The van der Waals surface area contributed by atoms with Gasteiger partial charge in [-0.05, 0) is 38.3 Å². The molecule has 0 spiro atoms. The third-order valence-corrected chi connectivity index (χ3v) is 6.61. The number of rotatable bonds is 3. The summed E-state index contributed by atoms with van der Waals surface area (Å²) >= 11 is 1.69. The Morgan fingerprint density at radius 3 is 2.96 bits per heavy atom. The Balaban J connectivity index is 1.56. The summed E-state index contributed by atoms with van der Waals surface area (Å²) in [4.78, 5) is 27.5. The van der Waals surface area contributed by atoms with E-state index in [2.05, 4.69) is 5.32 Å². The third kappa shape index (κ3) is 2.43. The lowest BCUT2D eigenvalue weighted by Gasteiger charge is -2.29. The summed E-state index contributed by atoms with van der Waals surface area (Å²) in [5, 5.41) is 2.94. The van der Waals surface area contributed by atoms with Gasteiger partial charge in [0.1, 0.15) is 11.4 Å². The van der Waals surface area contributed by atoms with Gasteiger partial charge in [-0.3, -0.25) is 9.59 Å². The maximum Gasteiger partial charge on any atom is 0.256 e. The Labute approximate surface area is 146 Å². The predicted molar refractivity (Wildman–Crippen MR) is 92.8 cm³/mol. The molecular formula is C18H22N2O3S. The van der Waals surface area contributed by atoms with Gasteiger partial charge in [-0.25, -0.2) is 0 Å². The van der Waals surface area contributed by atoms with Gasteiger partial charge in [0.15, 0.2) is 0 Å². The monoisotopic (exact) mass is 346 g/mol. The molecule has 3 heterocycles. The molecule has 5 nitrogen and oxygen atoms in total. The highest BCUT2D eigenvalue weighted by Gasteiger charge is 2.57. The Hall–Kier alpha value is -1.53. The van der Waals surface area contributed by atoms with Crippen molar-refractivity contribution in [1.82, 2.24) is 10.2 Å². The summed E-state index contributed by atoms with van der Waals surface area (Å²) < 4.78 is 5.25. The van der Waals surface area contributed by atoms with Gasteiger partial charge >= 0.3 is 0 Å². The SMILES string of the molecule is CC1(C)S[C@@H]2c3ccccc3C(=O)N2[C@@H]1C(=O)NC[C@@H]1CCCO1. The van der Waals surface area contributed by atoms with Gasteiger partial charge in [-0.15, -0.1) is 11.8 Å². The largest absolute Gasteiger partial charge is 0.376 e. The molecule has 1 aromatic carbocycles. The minimum Gasteiger partial charge on any atom is -0.376 e. The molecule has 4 rings (SSSR count). The number of hydrogen-bond donors (Lipinski definition) is 1. The first-order valence-electron chi connectivity index (χ1n) is 8.48. The third-order valence-electron chi connectivity index (χ3n) is 5.07. The van der Waals surface area contributed by atoms with Gasteiger partial charge in [0.25, 0.3) is 5.91 Å². The van der Waals surface area contributed by atoms with Crippen LogP contribution in [0.1, 0.15) is 48.0 Å². The van der Waals surface area contributed by atoms with E-state index in [0.29, 0.717) is 6.54 Å². The molecule has 3 aliphatic heterocycles. The maximum absolute atomic E-state index is 12.9. The molecule has 6 heteroatoms. The average Bonchev–Trinajstić information content (AvgIpc) is 3.22. The van der Waals surface area contributed by atoms with Crippen LogP contribution in [0, 0.1) is 0 Å². The van der Waals surface area contributed by atoms with Crippen molar-refractivity contribution < 1.29 is 14.3 Å². The number of ether oxygens (including phenoxy) is 1. The van der Waals surface area contributed by atoms with E-state index in [-0.39, 0.29) is 28.0 Å². The van der Waals surface area contributed by atoms with Crippen LogP contribution in [0.4, 0.5) is 0 Å². The highest BCUT2D eigenvalue weighted by Crippen LogP contribution is 2.56. The normalized spacial score (nSPS) is 30.3. The first-order valence-corrected chi connectivity index (χ1v) is 9.36. The quantitative estimate of drug-likeness (QED) is 0.913. The molecular weight excluding hydrogens is 324 g/mol. The van der Waals surface area contributed by atoms with Crippen molar-refractivity contribution in [2.75, 3.05) is 13.2 Å². The Bertz CT molecular complexity index is 685. The van der Waals surface area contributed by atoms with Gasteiger partial charge < -0.3 is 15.0 Å². The fourth-order valence-corrected chi connectivity index (χ4v) is 5.51. The molecule has 0 radical (unpaired) electrons. The van der Waals surface area contributed by atoms with Crippen LogP contribution in [-0.4, -0.2) is 46.8 Å². The van der Waals surface area contributed by atoms with E-state index in [0.717, 1.165) is 30.6 Å². The van der Waals surface area contributed by atoms with E-state index in [4.69, 9.17) is 4.74 Å². The molecule has 3 aliphatic rings. The molecule has 24 heavy (non-hydrogen) atoms. The van der Waals surface area contributed by atoms with Crippen molar-refractivity contribution in [2.45, 2.75) is 49.0 Å². The Morgan fingerprint density at radius 2 is 2.21 bits per heavy atom. The van der Waals surface area contributed by atoms with Gasteiger partial charge in [-0.1, -0.05) is 18.2 Å². The van der Waals surface area contributed by atoms with E-state index in [9.17, 15) is 9.59 Å². The molecule has 2 saturated heterocycles. The number of thioether (sulfide) groups is 1. The smallest absolute Gasteiger partial charge is 0.256 e. The van der Waals surface area contributed by atoms with Crippen LogP contribution in [0.5, 0.6) is 0 Å². The second-order valence-corrected chi connectivity index (χ2v) is 8.89. The van der Waals surface area contributed by atoms with Crippen LogP contribution in [-0.2, 0) is 9.53 Å². The van der Waals surface area contributed by atoms with Crippen molar-refractivity contribution in [3.05, 3.63) is 35.4 Å². The molecule has 0 aliphatic carbocycles. The molecule has 0 aromatic heterocycles. The van der Waals surface area contributed by atoms with Gasteiger partial charge in [0.2, 0.25) is 5.91 Å². The zero-order valence-corrected chi connectivity index (χ0v) is 14.8. The number of carbonyl (C=O) groups is 2. The minimum absolute atomic E-state index is 0.0362. The number of nitrogens with one attached hydrogen (secondary N) is 1. The second kappa shape index (κ2) is 5.77. The fraction of sp³-hybridized carbons (Fsp3) is 0.556. The van der Waals surface area contributed by atoms with Crippen LogP contribution in [0.2, 0.25) is 0 Å². The zero-order chi connectivity index (χ0) is 16.9. The van der Waals surface area contributed by atoms with E-state index >= 15 is 0 Å². The lowest BCUT2D eigenvalue weighted by Crippen LogP contribution is -2.53. The first-order chi connectivity index (χ1) is 11.5. The number of fused-ring (bicyclic) bond motifs is 3. The van der Waals surface area contributed by atoms with Gasteiger partial charge in [-0.2, -0.15) is 0 Å². The highest BCUT2D eigenvalue weighted by atomic mass is 32.2. The van der Waals surface area contributed by atoms with E-state index in [1.165, 1.54) is 0 Å². The number of hydrogen-bond acceptors (Lipinski definition) is 4. The van der Waals surface area contributed by atoms with Crippen molar-refractivity contribution in [2.24, 2.45) is 0 Å². The van der Waals surface area contributed by atoms with Crippen LogP contribution in [0.15, 0.2) is 24.3 Å². The first kappa shape index (κ1) is 16.0. The molecule has 3 atom stereocenters. The molecule has 0 saturated carbocycles. The van der Waals surface area contributed by atoms with Crippen molar-refractivity contribution >= 4 is 23.6 Å². The number of nitrogens with zero attached hydrogens (tertiary/aromatic N) is 1. The molecule has 0 bridgehead atoms. The van der Waals surface area contributed by atoms with Gasteiger partial charge in [0.05, 0.1) is 6.10 Å². The Morgan fingerprint density at radius 1 is 1.42 bits per heavy atom. The molecule has 1 N–H and O–H groups in total. The summed E-state index contributed by atoms with van der Waals surface area (Å²) in [6.45, 7) is 5.38. The minimum atomic E-state index is -0.464. The Kier molecular flexibility index (Phi) is 3.84. The van der Waals surface area contributed by atoms with E-state index in [1.807, 2.05) is 38.1 Å². The highest BCUT2D eigenvalue weighted by molar-refractivity contribution is 8.01. The lowest BCUT2D eigenvalue weighted by atomic mass is 10.0. The number of carbonyl (C=O) groups excluding carboxylic acids is 2. The van der Waals surface area contributed by atoms with Crippen molar-refractivity contribution in [3.8, 4) is 0 Å². The summed E-state index contributed by atoms with van der Waals surface area (Å²) in [7, 11) is 0. The second-order valence-electron chi connectivity index (χ2n) is 7.16. The summed E-state index contributed by atoms with van der Waals surface area (Å²) in [6, 6.07) is 7.21. The van der Waals surface area contributed by atoms with E-state index in [1.54, 1.807) is 16.7 Å². The van der Waals surface area contributed by atoms with Crippen molar-refractivity contribution in [1.29, 1.82) is 0 Å². The fourth-order valence-electron chi connectivity index (χ4n) is 3.92. The standard InChI is InChI=1S/C18H22N2O3S/c1-18(2)14(15(21)19-10-11-6-5-9-23-11)20-16(22)12-7-3-4-8-13(12)17(20)24-18/h3-4,7-8,11,14,17H,5-6,9-10H2,1-2H3,(H,19,21)/t11-,14+,17+/m0/s1. The summed E-state index contributed by atoms with van der Waals surface area (Å²) in [5.41, 5.74) is 1.75. The molecule has 2 amide bonds. The van der Waals surface area contributed by atoms with E-state index < -0.39 is 6.04 Å². The summed E-state index contributed by atoms with van der Waals surface area (Å²) in [5.74, 6) is -0.113. The topological polar surface area (TPSA) is 58.6 Å². The zero-order valence-electron chi connectivity index (χ0n) is 14.0. The van der Waals surface area contributed by atoms with Crippen molar-refractivity contribution in [3.63, 3.8) is 0 Å². The van der Waals surface area contributed by atoms with Crippen LogP contribution in [0.3, 0.4) is 0 Å². The molecule has 2 fully saturated rings. The molecule has 128 valence electrons. The molecule has 0 unspecified atom stereocenters.